The van der Waals surface area contributed by atoms with Crippen molar-refractivity contribution in [2.45, 2.75) is 58.6 Å². The van der Waals surface area contributed by atoms with Gasteiger partial charge in [-0.25, -0.2) is 10.6 Å². The number of amides is 2. The lowest BCUT2D eigenvalue weighted by atomic mass is 9.89. The summed E-state index contributed by atoms with van der Waals surface area (Å²) in [6.45, 7) is 8.08. The van der Waals surface area contributed by atoms with Gasteiger partial charge in [-0.15, -0.1) is 0 Å². The van der Waals surface area contributed by atoms with E-state index in [0.717, 1.165) is 6.42 Å². The summed E-state index contributed by atoms with van der Waals surface area (Å²) in [7, 11) is 0. The maximum Gasteiger partial charge on any atom is 0.410 e. The summed E-state index contributed by atoms with van der Waals surface area (Å²) in [4.78, 5) is 25.4. The predicted molar refractivity (Wildman–Crippen MR) is 72.1 cm³/mol. The van der Waals surface area contributed by atoms with Crippen LogP contribution in [0.2, 0.25) is 0 Å². The fourth-order valence-electron chi connectivity index (χ4n) is 2.35. The Morgan fingerprint density at radius 1 is 1.42 bits per heavy atom. The molecule has 6 nitrogen and oxygen atoms in total. The van der Waals surface area contributed by atoms with Crippen LogP contribution in [-0.4, -0.2) is 35.1 Å². The normalized spacial score (nSPS) is 23.9. The first kappa shape index (κ1) is 15.8. The number of hydrazine groups is 1. The third-order valence-electron chi connectivity index (χ3n) is 3.33. The van der Waals surface area contributed by atoms with E-state index in [1.165, 1.54) is 0 Å². The molecule has 1 aliphatic rings. The summed E-state index contributed by atoms with van der Waals surface area (Å²) >= 11 is 0. The quantitative estimate of drug-likeness (QED) is 0.452. The number of nitrogens with one attached hydrogen (secondary N) is 1. The Bertz CT molecular complexity index is 339. The van der Waals surface area contributed by atoms with Crippen molar-refractivity contribution < 1.29 is 14.3 Å². The smallest absolute Gasteiger partial charge is 0.410 e. The molecule has 0 aromatic heterocycles. The number of carbonyl (C=O) groups is 2. The SMILES string of the molecule is CC[C@@H]1C[C@H](C(=O)NN)CCN1C(=O)OC(C)(C)C. The predicted octanol–water partition coefficient (Wildman–Crippen LogP) is 1.40. The van der Waals surface area contributed by atoms with Gasteiger partial charge in [0.15, 0.2) is 0 Å². The molecule has 1 fully saturated rings. The summed E-state index contributed by atoms with van der Waals surface area (Å²) in [5, 5.41) is 0. The minimum absolute atomic E-state index is 0.0332. The van der Waals surface area contributed by atoms with Crippen molar-refractivity contribution in [3.05, 3.63) is 0 Å². The van der Waals surface area contributed by atoms with Gasteiger partial charge in [0.05, 0.1) is 0 Å². The molecule has 0 unspecified atom stereocenters. The molecule has 0 saturated carbocycles. The second-order valence-corrected chi connectivity index (χ2v) is 5.97. The zero-order chi connectivity index (χ0) is 14.6. The highest BCUT2D eigenvalue weighted by atomic mass is 16.6. The summed E-state index contributed by atoms with van der Waals surface area (Å²) < 4.78 is 5.39. The van der Waals surface area contributed by atoms with Gasteiger partial charge in [-0.05, 0) is 40.0 Å². The second kappa shape index (κ2) is 6.23. The second-order valence-electron chi connectivity index (χ2n) is 5.97. The van der Waals surface area contributed by atoms with Crippen LogP contribution < -0.4 is 11.3 Å². The van der Waals surface area contributed by atoms with Gasteiger partial charge >= 0.3 is 6.09 Å². The molecule has 0 aliphatic carbocycles. The lowest BCUT2D eigenvalue weighted by Gasteiger charge is -2.39. The molecule has 0 bridgehead atoms. The zero-order valence-electron chi connectivity index (χ0n) is 12.2. The molecular weight excluding hydrogens is 246 g/mol. The maximum absolute atomic E-state index is 12.1. The Hall–Kier alpha value is -1.30. The van der Waals surface area contributed by atoms with Crippen LogP contribution >= 0.6 is 0 Å². The highest BCUT2D eigenvalue weighted by Gasteiger charge is 2.35. The van der Waals surface area contributed by atoms with Gasteiger partial charge in [0.2, 0.25) is 5.91 Å². The van der Waals surface area contributed by atoms with Gasteiger partial charge in [-0.3, -0.25) is 10.2 Å². The molecular formula is C13H25N3O3. The van der Waals surface area contributed by atoms with E-state index in [9.17, 15) is 9.59 Å². The first-order valence-corrected chi connectivity index (χ1v) is 6.78. The molecule has 0 spiro atoms. The van der Waals surface area contributed by atoms with Gasteiger partial charge in [-0.2, -0.15) is 0 Å². The van der Waals surface area contributed by atoms with E-state index in [-0.39, 0.29) is 24.0 Å². The van der Waals surface area contributed by atoms with Crippen LogP contribution in [0.4, 0.5) is 4.79 Å². The number of hydrogen-bond acceptors (Lipinski definition) is 4. The molecule has 110 valence electrons. The van der Waals surface area contributed by atoms with Crippen LogP contribution in [-0.2, 0) is 9.53 Å². The van der Waals surface area contributed by atoms with E-state index in [0.29, 0.717) is 19.4 Å². The molecule has 6 heteroatoms. The summed E-state index contributed by atoms with van der Waals surface area (Å²) in [5.41, 5.74) is 1.69. The number of likely N-dealkylation sites (tertiary alicyclic amines) is 1. The molecule has 0 radical (unpaired) electrons. The maximum atomic E-state index is 12.1. The lowest BCUT2D eigenvalue weighted by Crippen LogP contribution is -2.50. The molecule has 2 atom stereocenters. The van der Waals surface area contributed by atoms with Gasteiger partial charge in [0.25, 0.3) is 0 Å². The van der Waals surface area contributed by atoms with E-state index in [1.807, 2.05) is 27.7 Å². The number of nitrogens with zero attached hydrogens (tertiary/aromatic N) is 1. The Morgan fingerprint density at radius 3 is 2.53 bits per heavy atom. The van der Waals surface area contributed by atoms with Crippen molar-refractivity contribution in [1.29, 1.82) is 0 Å². The van der Waals surface area contributed by atoms with Crippen LogP contribution in [0.5, 0.6) is 0 Å². The number of nitrogens with two attached hydrogens (primary N) is 1. The molecule has 0 aromatic rings. The van der Waals surface area contributed by atoms with Crippen molar-refractivity contribution in [3.8, 4) is 0 Å². The standard InChI is InChI=1S/C13H25N3O3/c1-5-10-8-9(11(17)15-14)6-7-16(10)12(18)19-13(2,3)4/h9-10H,5-8,14H2,1-4H3,(H,15,17)/t9-,10-/m1/s1. The minimum Gasteiger partial charge on any atom is -0.444 e. The first-order chi connectivity index (χ1) is 8.78. The molecule has 3 N–H and O–H groups in total. The summed E-state index contributed by atoms with van der Waals surface area (Å²) in [6.07, 6.45) is 1.76. The highest BCUT2D eigenvalue weighted by molar-refractivity contribution is 5.78. The Morgan fingerprint density at radius 2 is 2.05 bits per heavy atom. The van der Waals surface area contributed by atoms with Crippen LogP contribution in [0.1, 0.15) is 47.0 Å². The molecule has 0 aromatic carbocycles. The molecule has 1 saturated heterocycles. The average Bonchev–Trinajstić information content (AvgIpc) is 2.34. The molecule has 19 heavy (non-hydrogen) atoms. The van der Waals surface area contributed by atoms with Gasteiger partial charge in [0.1, 0.15) is 5.60 Å². The van der Waals surface area contributed by atoms with Crippen LogP contribution in [0, 0.1) is 5.92 Å². The average molecular weight is 271 g/mol. The first-order valence-electron chi connectivity index (χ1n) is 6.78. The number of carbonyl (C=O) groups excluding carboxylic acids is 2. The lowest BCUT2D eigenvalue weighted by molar-refractivity contribution is -0.127. The van der Waals surface area contributed by atoms with Crippen LogP contribution in [0.15, 0.2) is 0 Å². The largest absolute Gasteiger partial charge is 0.444 e. The third kappa shape index (κ3) is 4.38. The number of piperidine rings is 1. The minimum atomic E-state index is -0.499. The topological polar surface area (TPSA) is 84.7 Å². The Balaban J connectivity index is 2.67. The van der Waals surface area contributed by atoms with E-state index in [4.69, 9.17) is 10.6 Å². The molecule has 1 heterocycles. The van der Waals surface area contributed by atoms with Gasteiger partial charge in [-0.1, -0.05) is 6.92 Å². The zero-order valence-corrected chi connectivity index (χ0v) is 12.2. The highest BCUT2D eigenvalue weighted by Crippen LogP contribution is 2.26. The molecule has 1 rings (SSSR count). The van der Waals surface area contributed by atoms with Crippen molar-refractivity contribution in [2.24, 2.45) is 11.8 Å². The summed E-state index contributed by atoms with van der Waals surface area (Å²) in [5.74, 6) is 4.90. The van der Waals surface area contributed by atoms with Crippen molar-refractivity contribution in [2.75, 3.05) is 6.54 Å². The van der Waals surface area contributed by atoms with Gasteiger partial charge in [0, 0.05) is 18.5 Å². The van der Waals surface area contributed by atoms with Crippen LogP contribution in [0.3, 0.4) is 0 Å². The fourth-order valence-corrected chi connectivity index (χ4v) is 2.35. The number of hydrogen-bond donors (Lipinski definition) is 2. The van der Waals surface area contributed by atoms with Crippen LogP contribution in [0.25, 0.3) is 0 Å². The fraction of sp³-hybridized carbons (Fsp3) is 0.846. The van der Waals surface area contributed by atoms with E-state index >= 15 is 0 Å². The number of ether oxygens (including phenoxy) is 1. The monoisotopic (exact) mass is 271 g/mol. The van der Waals surface area contributed by atoms with Crippen molar-refractivity contribution in [1.82, 2.24) is 10.3 Å². The van der Waals surface area contributed by atoms with Crippen molar-refractivity contribution in [3.63, 3.8) is 0 Å². The van der Waals surface area contributed by atoms with E-state index in [2.05, 4.69) is 5.43 Å². The third-order valence-corrected chi connectivity index (χ3v) is 3.33. The molecule has 2 amide bonds. The number of rotatable bonds is 2. The van der Waals surface area contributed by atoms with Crippen molar-refractivity contribution >= 4 is 12.0 Å². The summed E-state index contributed by atoms with van der Waals surface area (Å²) in [6, 6.07) is 0.0332. The Kier molecular flexibility index (Phi) is 5.17. The van der Waals surface area contributed by atoms with E-state index in [1.54, 1.807) is 4.90 Å². The molecule has 1 aliphatic heterocycles. The van der Waals surface area contributed by atoms with Gasteiger partial charge < -0.3 is 9.64 Å². The van der Waals surface area contributed by atoms with E-state index < -0.39 is 5.60 Å². The Labute approximate surface area is 114 Å².